The number of nitrogen functional groups attached to an aromatic ring is 1. The number of benzene rings is 2. The molecule has 1 amide bonds. The van der Waals surface area contributed by atoms with E-state index in [1.165, 1.54) is 5.56 Å². The number of carbonyl (C=O) groups is 1. The van der Waals surface area contributed by atoms with Crippen LogP contribution in [0.1, 0.15) is 21.5 Å². The van der Waals surface area contributed by atoms with E-state index < -0.39 is 0 Å². The van der Waals surface area contributed by atoms with Crippen LogP contribution in [0.15, 0.2) is 48.5 Å². The van der Waals surface area contributed by atoms with Crippen LogP contribution >= 0.6 is 0 Å². The van der Waals surface area contributed by atoms with Crippen molar-refractivity contribution in [1.29, 1.82) is 0 Å². The number of carbonyl (C=O) groups excluding carboxylic acids is 1. The first kappa shape index (κ1) is 14.1. The molecule has 0 aliphatic carbocycles. The fourth-order valence-corrected chi connectivity index (χ4v) is 2.12. The second-order valence-corrected chi connectivity index (χ2v) is 4.78. The van der Waals surface area contributed by atoms with Gasteiger partial charge in [0.15, 0.2) is 0 Å². The summed E-state index contributed by atoms with van der Waals surface area (Å²) in [5, 5.41) is 0. The molecule has 0 spiro atoms. The third-order valence-corrected chi connectivity index (χ3v) is 3.33. The number of nitrogens with two attached hydrogens (primary N) is 1. The summed E-state index contributed by atoms with van der Waals surface area (Å²) < 4.78 is 0. The van der Waals surface area contributed by atoms with E-state index in [-0.39, 0.29) is 5.91 Å². The minimum absolute atomic E-state index is 0.0539. The van der Waals surface area contributed by atoms with Crippen LogP contribution in [0, 0.1) is 6.92 Å². The maximum Gasteiger partial charge on any atom is 0.256 e. The molecule has 0 atom stereocenters. The Morgan fingerprint density at radius 2 is 1.80 bits per heavy atom. The number of anilines is 1. The lowest BCUT2D eigenvalue weighted by atomic mass is 10.1. The monoisotopic (exact) mass is 269 g/mol. The van der Waals surface area contributed by atoms with E-state index in [2.05, 4.69) is 5.43 Å². The number of hydrogen-bond acceptors (Lipinski definition) is 3. The summed E-state index contributed by atoms with van der Waals surface area (Å²) in [4.78, 5) is 14.2. The van der Waals surface area contributed by atoms with Crippen LogP contribution in [0.3, 0.4) is 0 Å². The van der Waals surface area contributed by atoms with Crippen LogP contribution in [-0.2, 0) is 6.54 Å². The molecular formula is C16H19N3O. The number of hydrazine groups is 1. The van der Waals surface area contributed by atoms with E-state index in [1.54, 1.807) is 24.1 Å². The summed E-state index contributed by atoms with van der Waals surface area (Å²) in [5.74, 6) is 5.39. The van der Waals surface area contributed by atoms with Gasteiger partial charge in [-0.2, -0.15) is 0 Å². The molecule has 4 heteroatoms. The van der Waals surface area contributed by atoms with E-state index in [1.807, 2.05) is 43.3 Å². The smallest absolute Gasteiger partial charge is 0.256 e. The molecule has 0 heterocycles. The highest BCUT2D eigenvalue weighted by Gasteiger charge is 2.15. The number of nitrogens with zero attached hydrogens (tertiary/aromatic N) is 1. The molecular weight excluding hydrogens is 250 g/mol. The van der Waals surface area contributed by atoms with Crippen molar-refractivity contribution in [3.63, 3.8) is 0 Å². The third-order valence-electron chi connectivity index (χ3n) is 3.33. The SMILES string of the molecule is Cc1ccccc1CN(C)C(=O)c1ccccc1NN. The Balaban J connectivity index is 2.19. The highest BCUT2D eigenvalue weighted by Crippen LogP contribution is 2.17. The first-order valence-electron chi connectivity index (χ1n) is 6.49. The van der Waals surface area contributed by atoms with Gasteiger partial charge in [0.1, 0.15) is 0 Å². The molecule has 2 aromatic carbocycles. The summed E-state index contributed by atoms with van der Waals surface area (Å²) in [7, 11) is 1.79. The van der Waals surface area contributed by atoms with Crippen LogP contribution in [0.4, 0.5) is 5.69 Å². The lowest BCUT2D eigenvalue weighted by Gasteiger charge is -2.20. The summed E-state index contributed by atoms with van der Waals surface area (Å²) in [5.41, 5.74) is 6.09. The highest BCUT2D eigenvalue weighted by atomic mass is 16.2. The second-order valence-electron chi connectivity index (χ2n) is 4.78. The van der Waals surface area contributed by atoms with Crippen molar-refractivity contribution >= 4 is 11.6 Å². The van der Waals surface area contributed by atoms with Crippen molar-refractivity contribution in [2.24, 2.45) is 5.84 Å². The fourth-order valence-electron chi connectivity index (χ4n) is 2.12. The molecule has 2 aromatic rings. The molecule has 0 unspecified atom stereocenters. The van der Waals surface area contributed by atoms with Gasteiger partial charge >= 0.3 is 0 Å². The zero-order valence-electron chi connectivity index (χ0n) is 11.8. The van der Waals surface area contributed by atoms with Crippen LogP contribution in [0.2, 0.25) is 0 Å². The molecule has 2 rings (SSSR count). The van der Waals surface area contributed by atoms with Crippen LogP contribution in [-0.4, -0.2) is 17.9 Å². The van der Waals surface area contributed by atoms with E-state index >= 15 is 0 Å². The number of hydrogen-bond donors (Lipinski definition) is 2. The number of nitrogens with one attached hydrogen (secondary N) is 1. The minimum Gasteiger partial charge on any atom is -0.337 e. The van der Waals surface area contributed by atoms with E-state index in [0.717, 1.165) is 5.56 Å². The largest absolute Gasteiger partial charge is 0.337 e. The third kappa shape index (κ3) is 2.97. The topological polar surface area (TPSA) is 58.4 Å². The van der Waals surface area contributed by atoms with Crippen LogP contribution in [0.5, 0.6) is 0 Å². The van der Waals surface area contributed by atoms with Crippen molar-refractivity contribution in [2.75, 3.05) is 12.5 Å². The van der Waals surface area contributed by atoms with Crippen molar-refractivity contribution in [3.8, 4) is 0 Å². The van der Waals surface area contributed by atoms with Gasteiger partial charge < -0.3 is 10.3 Å². The summed E-state index contributed by atoms with van der Waals surface area (Å²) in [6.07, 6.45) is 0. The average Bonchev–Trinajstić information content (AvgIpc) is 2.48. The van der Waals surface area contributed by atoms with Crippen molar-refractivity contribution in [1.82, 2.24) is 4.90 Å². The molecule has 3 N–H and O–H groups in total. The van der Waals surface area contributed by atoms with Gasteiger partial charge in [-0.1, -0.05) is 36.4 Å². The Morgan fingerprint density at radius 3 is 2.50 bits per heavy atom. The quantitative estimate of drug-likeness (QED) is 0.662. The molecule has 0 bridgehead atoms. The fraction of sp³-hybridized carbons (Fsp3) is 0.188. The molecule has 0 fully saturated rings. The van der Waals surface area contributed by atoms with E-state index in [0.29, 0.717) is 17.8 Å². The molecule has 0 saturated heterocycles. The van der Waals surface area contributed by atoms with Crippen molar-refractivity contribution in [2.45, 2.75) is 13.5 Å². The number of amides is 1. The van der Waals surface area contributed by atoms with E-state index in [9.17, 15) is 4.79 Å². The van der Waals surface area contributed by atoms with Crippen LogP contribution < -0.4 is 11.3 Å². The molecule has 0 radical (unpaired) electrons. The highest BCUT2D eigenvalue weighted by molar-refractivity contribution is 5.99. The molecule has 4 nitrogen and oxygen atoms in total. The Bertz CT molecular complexity index is 610. The summed E-state index contributed by atoms with van der Waals surface area (Å²) in [6, 6.07) is 15.3. The zero-order valence-corrected chi connectivity index (χ0v) is 11.8. The Morgan fingerprint density at radius 1 is 1.15 bits per heavy atom. The maximum absolute atomic E-state index is 12.5. The first-order chi connectivity index (χ1) is 9.63. The van der Waals surface area contributed by atoms with Gasteiger partial charge in [0.2, 0.25) is 0 Å². The van der Waals surface area contributed by atoms with Gasteiger partial charge in [-0.15, -0.1) is 0 Å². The Kier molecular flexibility index (Phi) is 4.38. The van der Waals surface area contributed by atoms with Gasteiger partial charge in [0, 0.05) is 13.6 Å². The van der Waals surface area contributed by atoms with Crippen molar-refractivity contribution < 1.29 is 4.79 Å². The molecule has 20 heavy (non-hydrogen) atoms. The van der Waals surface area contributed by atoms with Crippen LogP contribution in [0.25, 0.3) is 0 Å². The normalized spacial score (nSPS) is 10.2. The molecule has 0 aliphatic rings. The van der Waals surface area contributed by atoms with Gasteiger partial charge in [0.05, 0.1) is 11.3 Å². The standard InChI is InChI=1S/C16H19N3O/c1-12-7-3-4-8-13(12)11-19(2)16(20)14-9-5-6-10-15(14)18-17/h3-10,18H,11,17H2,1-2H3. The lowest BCUT2D eigenvalue weighted by Crippen LogP contribution is -2.27. The minimum atomic E-state index is -0.0539. The first-order valence-corrected chi connectivity index (χ1v) is 6.49. The summed E-state index contributed by atoms with van der Waals surface area (Å²) in [6.45, 7) is 2.62. The van der Waals surface area contributed by atoms with Gasteiger partial charge in [-0.3, -0.25) is 10.6 Å². The molecule has 0 saturated carbocycles. The summed E-state index contributed by atoms with van der Waals surface area (Å²) >= 11 is 0. The number of rotatable bonds is 4. The Labute approximate surface area is 119 Å². The van der Waals surface area contributed by atoms with Gasteiger partial charge in [0.25, 0.3) is 5.91 Å². The maximum atomic E-state index is 12.5. The molecule has 0 aliphatic heterocycles. The lowest BCUT2D eigenvalue weighted by molar-refractivity contribution is 0.0786. The molecule has 0 aromatic heterocycles. The van der Waals surface area contributed by atoms with Crippen molar-refractivity contribution in [3.05, 3.63) is 65.2 Å². The average molecular weight is 269 g/mol. The second kappa shape index (κ2) is 6.21. The van der Waals surface area contributed by atoms with Gasteiger partial charge in [-0.05, 0) is 30.2 Å². The van der Waals surface area contributed by atoms with Gasteiger partial charge in [-0.25, -0.2) is 0 Å². The number of para-hydroxylation sites is 1. The number of aryl methyl sites for hydroxylation is 1. The zero-order chi connectivity index (χ0) is 14.5. The van der Waals surface area contributed by atoms with E-state index in [4.69, 9.17) is 5.84 Å². The predicted octanol–water partition coefficient (Wildman–Crippen LogP) is 2.55. The molecule has 104 valence electrons. The predicted molar refractivity (Wildman–Crippen MR) is 81.2 cm³/mol. The Hall–Kier alpha value is -2.33.